The van der Waals surface area contributed by atoms with Gasteiger partial charge in [0.1, 0.15) is 11.6 Å². The van der Waals surface area contributed by atoms with E-state index in [4.69, 9.17) is 4.74 Å². The van der Waals surface area contributed by atoms with Crippen LogP contribution in [0.15, 0.2) is 11.2 Å². The van der Waals surface area contributed by atoms with E-state index in [9.17, 15) is 0 Å². The number of nitrogens with one attached hydrogen (secondary N) is 2. The molecule has 6 heteroatoms. The molecule has 1 saturated heterocycles. The van der Waals surface area contributed by atoms with Gasteiger partial charge in [0, 0.05) is 31.7 Å². The standard InChI is InChI=1S/C15H26N4OS/c1-4-7-16-13-9-14(19-15(18-13)21-3)17-10-11-6-8-20-12(11)5-2/h9,11-12H,4-8,10H2,1-3H3,(H2,16,17,18,19). The van der Waals surface area contributed by atoms with Crippen molar-refractivity contribution in [2.75, 3.05) is 36.6 Å². The molecule has 0 bridgehead atoms. The second-order valence-corrected chi connectivity index (χ2v) is 6.07. The third kappa shape index (κ3) is 4.74. The zero-order valence-corrected chi connectivity index (χ0v) is 14.0. The van der Waals surface area contributed by atoms with Crippen molar-refractivity contribution >= 4 is 23.4 Å². The van der Waals surface area contributed by atoms with E-state index in [1.165, 1.54) is 0 Å². The lowest BCUT2D eigenvalue weighted by atomic mass is 10.00. The molecule has 1 aliphatic heterocycles. The Hall–Kier alpha value is -1.01. The van der Waals surface area contributed by atoms with Crippen LogP contribution in [0.4, 0.5) is 11.6 Å². The van der Waals surface area contributed by atoms with E-state index in [1.807, 2.05) is 12.3 Å². The number of thioether (sulfide) groups is 1. The molecule has 1 fully saturated rings. The minimum absolute atomic E-state index is 0.386. The lowest BCUT2D eigenvalue weighted by Gasteiger charge is -2.18. The van der Waals surface area contributed by atoms with Gasteiger partial charge in [-0.15, -0.1) is 0 Å². The number of ether oxygens (including phenoxy) is 1. The maximum atomic E-state index is 5.74. The van der Waals surface area contributed by atoms with E-state index in [2.05, 4.69) is 34.4 Å². The van der Waals surface area contributed by atoms with E-state index in [0.29, 0.717) is 12.0 Å². The topological polar surface area (TPSA) is 59.1 Å². The summed E-state index contributed by atoms with van der Waals surface area (Å²) in [6, 6.07) is 1.99. The van der Waals surface area contributed by atoms with Crippen LogP contribution in [0.1, 0.15) is 33.1 Å². The monoisotopic (exact) mass is 310 g/mol. The highest BCUT2D eigenvalue weighted by atomic mass is 32.2. The quantitative estimate of drug-likeness (QED) is 0.568. The first-order chi connectivity index (χ1) is 10.3. The zero-order chi connectivity index (χ0) is 15.1. The molecule has 2 rings (SSSR count). The predicted octanol–water partition coefficient (Wildman–Crippen LogP) is 3.25. The number of nitrogens with zero attached hydrogens (tertiary/aromatic N) is 2. The van der Waals surface area contributed by atoms with Crippen molar-refractivity contribution in [1.82, 2.24) is 9.97 Å². The Morgan fingerprint density at radius 2 is 2.05 bits per heavy atom. The fourth-order valence-corrected chi connectivity index (χ4v) is 2.94. The van der Waals surface area contributed by atoms with E-state index in [0.717, 1.165) is 55.8 Å². The number of hydrogen-bond acceptors (Lipinski definition) is 6. The molecule has 0 spiro atoms. The highest BCUT2D eigenvalue weighted by Gasteiger charge is 2.26. The second kappa shape index (κ2) is 8.44. The summed E-state index contributed by atoms with van der Waals surface area (Å²) in [5, 5.41) is 7.59. The van der Waals surface area contributed by atoms with Crippen LogP contribution in [0.2, 0.25) is 0 Å². The van der Waals surface area contributed by atoms with Gasteiger partial charge in [-0.2, -0.15) is 0 Å². The summed E-state index contributed by atoms with van der Waals surface area (Å²) < 4.78 is 5.74. The molecule has 2 unspecified atom stereocenters. The zero-order valence-electron chi connectivity index (χ0n) is 13.2. The predicted molar refractivity (Wildman–Crippen MR) is 89.2 cm³/mol. The molecule has 0 amide bonds. The van der Waals surface area contributed by atoms with Crippen LogP contribution in [0.25, 0.3) is 0 Å². The van der Waals surface area contributed by atoms with E-state index in [-0.39, 0.29) is 0 Å². The molecule has 5 nitrogen and oxygen atoms in total. The summed E-state index contributed by atoms with van der Waals surface area (Å²) in [6.45, 7) is 7.06. The Balaban J connectivity index is 1.97. The van der Waals surface area contributed by atoms with Gasteiger partial charge >= 0.3 is 0 Å². The summed E-state index contributed by atoms with van der Waals surface area (Å²) in [5.74, 6) is 2.37. The van der Waals surface area contributed by atoms with Gasteiger partial charge in [-0.3, -0.25) is 0 Å². The first-order valence-electron chi connectivity index (χ1n) is 7.79. The van der Waals surface area contributed by atoms with E-state index < -0.39 is 0 Å². The minimum atomic E-state index is 0.386. The molecule has 1 aromatic heterocycles. The maximum absolute atomic E-state index is 5.74. The highest BCUT2D eigenvalue weighted by Crippen LogP contribution is 2.24. The van der Waals surface area contributed by atoms with Gasteiger partial charge < -0.3 is 15.4 Å². The summed E-state index contributed by atoms with van der Waals surface area (Å²) in [5.41, 5.74) is 0. The molecule has 2 atom stereocenters. The molecular formula is C15H26N4OS. The smallest absolute Gasteiger partial charge is 0.191 e. The van der Waals surface area contributed by atoms with Crippen LogP contribution < -0.4 is 10.6 Å². The lowest BCUT2D eigenvalue weighted by molar-refractivity contribution is 0.0900. The largest absolute Gasteiger partial charge is 0.378 e. The number of anilines is 2. The van der Waals surface area contributed by atoms with Gasteiger partial charge in [-0.25, -0.2) is 9.97 Å². The van der Waals surface area contributed by atoms with Gasteiger partial charge in [0.05, 0.1) is 6.10 Å². The third-order valence-electron chi connectivity index (χ3n) is 3.74. The van der Waals surface area contributed by atoms with Gasteiger partial charge in [-0.1, -0.05) is 25.6 Å². The van der Waals surface area contributed by atoms with Crippen LogP contribution in [-0.4, -0.2) is 42.0 Å². The van der Waals surface area contributed by atoms with Crippen molar-refractivity contribution in [2.24, 2.45) is 5.92 Å². The van der Waals surface area contributed by atoms with Gasteiger partial charge in [-0.05, 0) is 25.5 Å². The first kappa shape index (κ1) is 16.4. The summed E-state index contributed by atoms with van der Waals surface area (Å²) in [6.07, 6.45) is 5.68. The van der Waals surface area contributed by atoms with Crippen molar-refractivity contribution in [3.05, 3.63) is 6.07 Å². The molecule has 21 heavy (non-hydrogen) atoms. The molecule has 1 aliphatic rings. The fourth-order valence-electron chi connectivity index (χ4n) is 2.56. The van der Waals surface area contributed by atoms with Gasteiger partial charge in [0.25, 0.3) is 0 Å². The maximum Gasteiger partial charge on any atom is 0.191 e. The molecule has 0 radical (unpaired) electrons. The molecule has 2 N–H and O–H groups in total. The van der Waals surface area contributed by atoms with Crippen molar-refractivity contribution in [3.8, 4) is 0 Å². The molecule has 0 aromatic carbocycles. The van der Waals surface area contributed by atoms with Crippen LogP contribution in [0.3, 0.4) is 0 Å². The molecule has 118 valence electrons. The average molecular weight is 310 g/mol. The number of rotatable bonds is 8. The van der Waals surface area contributed by atoms with Crippen molar-refractivity contribution in [3.63, 3.8) is 0 Å². The Bertz CT molecular complexity index is 444. The molecule has 0 saturated carbocycles. The minimum Gasteiger partial charge on any atom is -0.378 e. The Kier molecular flexibility index (Phi) is 6.57. The Morgan fingerprint density at radius 3 is 2.71 bits per heavy atom. The van der Waals surface area contributed by atoms with Crippen molar-refractivity contribution < 1.29 is 4.74 Å². The summed E-state index contributed by atoms with van der Waals surface area (Å²) >= 11 is 1.57. The van der Waals surface area contributed by atoms with Crippen LogP contribution >= 0.6 is 11.8 Å². The number of aromatic nitrogens is 2. The second-order valence-electron chi connectivity index (χ2n) is 5.30. The Morgan fingerprint density at radius 1 is 1.29 bits per heavy atom. The Labute approximate surface area is 131 Å². The van der Waals surface area contributed by atoms with Crippen LogP contribution in [0, 0.1) is 5.92 Å². The van der Waals surface area contributed by atoms with Crippen LogP contribution in [0.5, 0.6) is 0 Å². The van der Waals surface area contributed by atoms with Gasteiger partial charge in [0.15, 0.2) is 5.16 Å². The number of hydrogen-bond donors (Lipinski definition) is 2. The van der Waals surface area contributed by atoms with Crippen LogP contribution in [-0.2, 0) is 4.74 Å². The van der Waals surface area contributed by atoms with Crippen molar-refractivity contribution in [1.29, 1.82) is 0 Å². The normalized spacial score (nSPS) is 21.5. The van der Waals surface area contributed by atoms with Gasteiger partial charge in [0.2, 0.25) is 0 Å². The van der Waals surface area contributed by atoms with E-state index >= 15 is 0 Å². The lowest BCUT2D eigenvalue weighted by Crippen LogP contribution is -2.23. The molecule has 2 heterocycles. The van der Waals surface area contributed by atoms with E-state index in [1.54, 1.807) is 11.8 Å². The third-order valence-corrected chi connectivity index (χ3v) is 4.29. The summed E-state index contributed by atoms with van der Waals surface area (Å²) in [7, 11) is 0. The molecule has 1 aromatic rings. The molecule has 0 aliphatic carbocycles. The first-order valence-corrected chi connectivity index (χ1v) is 9.01. The summed E-state index contributed by atoms with van der Waals surface area (Å²) in [4.78, 5) is 9.01. The molecular weight excluding hydrogens is 284 g/mol. The average Bonchev–Trinajstić information content (AvgIpc) is 2.98. The highest BCUT2D eigenvalue weighted by molar-refractivity contribution is 7.98. The van der Waals surface area contributed by atoms with Crippen molar-refractivity contribution in [2.45, 2.75) is 44.4 Å². The SMILES string of the molecule is CCCNc1cc(NCC2CCOC2CC)nc(SC)n1. The fraction of sp³-hybridized carbons (Fsp3) is 0.733.